The molecule has 6 heteroatoms. The lowest BCUT2D eigenvalue weighted by Gasteiger charge is -2.19. The first-order chi connectivity index (χ1) is 11.3. The molecule has 0 saturated heterocycles. The van der Waals surface area contributed by atoms with Crippen LogP contribution in [0.15, 0.2) is 23.8 Å². The number of nitrogens with zero attached hydrogens (tertiary/aromatic N) is 1. The van der Waals surface area contributed by atoms with Gasteiger partial charge in [-0.25, -0.2) is 0 Å². The van der Waals surface area contributed by atoms with Crippen molar-refractivity contribution in [2.75, 3.05) is 33.5 Å². The third-order valence-corrected chi connectivity index (χ3v) is 3.33. The Labute approximate surface area is 138 Å². The molecular weight excluding hydrogens is 296 g/mol. The minimum atomic E-state index is -0.534. The van der Waals surface area contributed by atoms with Crippen LogP contribution in [0.1, 0.15) is 32.1 Å². The smallest absolute Gasteiger partial charge is 0.320 e. The summed E-state index contributed by atoms with van der Waals surface area (Å²) < 4.78 is 15.8. The van der Waals surface area contributed by atoms with Gasteiger partial charge in [-0.2, -0.15) is 5.26 Å². The first-order valence-corrected chi connectivity index (χ1v) is 7.98. The van der Waals surface area contributed by atoms with Gasteiger partial charge in [0.15, 0.2) is 0 Å². The van der Waals surface area contributed by atoms with Gasteiger partial charge in [0.25, 0.3) is 0 Å². The highest BCUT2D eigenvalue weighted by Gasteiger charge is 2.11. The second-order valence-electron chi connectivity index (χ2n) is 5.21. The Hall–Kier alpha value is -1.68. The predicted molar refractivity (Wildman–Crippen MR) is 86.5 cm³/mol. The van der Waals surface area contributed by atoms with Crippen LogP contribution >= 0.6 is 0 Å². The quantitative estimate of drug-likeness (QED) is 0.356. The van der Waals surface area contributed by atoms with Crippen molar-refractivity contribution in [2.45, 2.75) is 38.3 Å². The number of hydrogen-bond donors (Lipinski definition) is 1. The molecule has 6 nitrogen and oxygen atoms in total. The third-order valence-electron chi connectivity index (χ3n) is 3.33. The lowest BCUT2D eigenvalue weighted by Crippen LogP contribution is -2.37. The van der Waals surface area contributed by atoms with E-state index in [2.05, 4.69) is 23.5 Å². The van der Waals surface area contributed by atoms with E-state index in [1.165, 1.54) is 12.0 Å². The average molecular weight is 322 g/mol. The summed E-state index contributed by atoms with van der Waals surface area (Å²) in [6.45, 7) is 1.90. The number of nitrogens with one attached hydrogen (secondary N) is 1. The first-order valence-electron chi connectivity index (χ1n) is 7.98. The van der Waals surface area contributed by atoms with E-state index in [4.69, 9.17) is 19.5 Å². The molecule has 23 heavy (non-hydrogen) atoms. The Morgan fingerprint density at radius 2 is 2.43 bits per heavy atom. The fourth-order valence-electron chi connectivity index (χ4n) is 2.11. The van der Waals surface area contributed by atoms with Crippen LogP contribution in [-0.2, 0) is 19.0 Å². The van der Waals surface area contributed by atoms with Gasteiger partial charge in [0.2, 0.25) is 0 Å². The largest absolute Gasteiger partial charge is 0.461 e. The van der Waals surface area contributed by atoms with Crippen molar-refractivity contribution in [3.05, 3.63) is 23.8 Å². The number of methoxy groups -OCH3 is 1. The van der Waals surface area contributed by atoms with Crippen molar-refractivity contribution in [2.24, 2.45) is 0 Å². The third kappa shape index (κ3) is 9.84. The van der Waals surface area contributed by atoms with Crippen LogP contribution < -0.4 is 5.32 Å². The molecule has 0 spiro atoms. The van der Waals surface area contributed by atoms with Gasteiger partial charge >= 0.3 is 5.97 Å². The molecule has 0 radical (unpaired) electrons. The monoisotopic (exact) mass is 322 g/mol. The number of nitriles is 1. The number of allylic oxidation sites excluding steroid dienone is 3. The number of hydrogen-bond acceptors (Lipinski definition) is 6. The topological polar surface area (TPSA) is 80.6 Å². The highest BCUT2D eigenvalue weighted by atomic mass is 16.6. The summed E-state index contributed by atoms with van der Waals surface area (Å²) >= 11 is 0. The fraction of sp³-hybridized carbons (Fsp3) is 0.647. The van der Waals surface area contributed by atoms with Crippen LogP contribution in [0.4, 0.5) is 0 Å². The molecule has 1 aliphatic carbocycles. The minimum Gasteiger partial charge on any atom is -0.461 e. The Morgan fingerprint density at radius 1 is 1.57 bits per heavy atom. The molecule has 1 rings (SSSR count). The molecule has 1 N–H and O–H groups in total. The van der Waals surface area contributed by atoms with E-state index < -0.39 is 5.97 Å². The van der Waals surface area contributed by atoms with Crippen molar-refractivity contribution in [1.82, 2.24) is 5.32 Å². The zero-order valence-electron chi connectivity index (χ0n) is 13.8. The second-order valence-corrected chi connectivity index (χ2v) is 5.21. The van der Waals surface area contributed by atoms with E-state index in [1.54, 1.807) is 13.2 Å². The molecule has 0 fully saturated rings. The van der Waals surface area contributed by atoms with Gasteiger partial charge < -0.3 is 14.2 Å². The highest BCUT2D eigenvalue weighted by molar-refractivity contribution is 5.71. The molecule has 1 aliphatic rings. The van der Waals surface area contributed by atoms with Gasteiger partial charge in [-0.3, -0.25) is 10.1 Å². The number of carbonyl (C=O) groups is 1. The van der Waals surface area contributed by atoms with Crippen LogP contribution in [-0.4, -0.2) is 45.7 Å². The maximum Gasteiger partial charge on any atom is 0.320 e. The summed E-state index contributed by atoms with van der Waals surface area (Å²) in [6.07, 6.45) is 9.93. The van der Waals surface area contributed by atoms with E-state index in [-0.39, 0.29) is 19.3 Å². The number of ether oxygens (including phenoxy) is 3. The van der Waals surface area contributed by atoms with E-state index in [0.29, 0.717) is 19.8 Å². The van der Waals surface area contributed by atoms with Crippen LogP contribution in [0.25, 0.3) is 0 Å². The van der Waals surface area contributed by atoms with Gasteiger partial charge in [-0.05, 0) is 32.2 Å². The van der Waals surface area contributed by atoms with E-state index in [1.807, 2.05) is 0 Å². The van der Waals surface area contributed by atoms with Gasteiger partial charge in [-0.15, -0.1) is 0 Å². The molecule has 0 aromatic heterocycles. The predicted octanol–water partition coefficient (Wildman–Crippen LogP) is 2.08. The minimum absolute atomic E-state index is 0.0898. The summed E-state index contributed by atoms with van der Waals surface area (Å²) in [7, 11) is 1.65. The summed E-state index contributed by atoms with van der Waals surface area (Å²) in [5.74, 6) is -0.534. The van der Waals surface area contributed by atoms with Crippen molar-refractivity contribution >= 4 is 5.97 Å². The second kappa shape index (κ2) is 12.8. The molecule has 0 aromatic rings. The van der Waals surface area contributed by atoms with E-state index >= 15 is 0 Å². The summed E-state index contributed by atoms with van der Waals surface area (Å²) in [4.78, 5) is 11.3. The van der Waals surface area contributed by atoms with Gasteiger partial charge in [-0.1, -0.05) is 23.8 Å². The van der Waals surface area contributed by atoms with Crippen LogP contribution in [0, 0.1) is 11.3 Å². The van der Waals surface area contributed by atoms with Gasteiger partial charge in [0.1, 0.15) is 19.3 Å². The first kappa shape index (κ1) is 19.4. The van der Waals surface area contributed by atoms with Gasteiger partial charge in [0.05, 0.1) is 12.7 Å². The molecular formula is C17H26N2O4. The van der Waals surface area contributed by atoms with Crippen LogP contribution in [0.5, 0.6) is 0 Å². The maximum absolute atomic E-state index is 11.3. The SMILES string of the molecule is COCCCNC(COC(=O)CC#N)OCC=C1C=CCCC1. The van der Waals surface area contributed by atoms with Crippen LogP contribution in [0.3, 0.4) is 0 Å². The molecule has 128 valence electrons. The van der Waals surface area contributed by atoms with Crippen molar-refractivity contribution in [1.29, 1.82) is 5.26 Å². The van der Waals surface area contributed by atoms with Crippen molar-refractivity contribution < 1.29 is 19.0 Å². The lowest BCUT2D eigenvalue weighted by atomic mass is 10.0. The number of carbonyl (C=O) groups excluding carboxylic acids is 1. The molecule has 1 atom stereocenters. The van der Waals surface area contributed by atoms with E-state index in [9.17, 15) is 4.79 Å². The average Bonchev–Trinajstić information content (AvgIpc) is 2.57. The van der Waals surface area contributed by atoms with Crippen molar-refractivity contribution in [3.63, 3.8) is 0 Å². The maximum atomic E-state index is 11.3. The van der Waals surface area contributed by atoms with E-state index in [0.717, 1.165) is 19.3 Å². The zero-order chi connectivity index (χ0) is 16.8. The van der Waals surface area contributed by atoms with Crippen molar-refractivity contribution in [3.8, 4) is 6.07 Å². The number of esters is 1. The molecule has 0 aromatic carbocycles. The zero-order valence-corrected chi connectivity index (χ0v) is 13.8. The molecule has 1 unspecified atom stereocenters. The molecule has 0 aliphatic heterocycles. The standard InChI is InChI=1S/C17H26N2O4/c1-21-12-5-11-19-16(14-23-17(20)8-10-18)22-13-9-15-6-3-2-4-7-15/h3,6,9,16,19H,2,4-5,7-8,11-14H2,1H3. The summed E-state index contributed by atoms with van der Waals surface area (Å²) in [5, 5.41) is 11.6. The Bertz CT molecular complexity index is 440. The fourth-order valence-corrected chi connectivity index (χ4v) is 2.11. The molecule has 0 amide bonds. The van der Waals surface area contributed by atoms with Crippen LogP contribution in [0.2, 0.25) is 0 Å². The Morgan fingerprint density at radius 3 is 3.13 bits per heavy atom. The lowest BCUT2D eigenvalue weighted by molar-refractivity contribution is -0.147. The molecule has 0 saturated carbocycles. The summed E-state index contributed by atoms with van der Waals surface area (Å²) in [6, 6.07) is 1.77. The molecule has 0 heterocycles. The summed E-state index contributed by atoms with van der Waals surface area (Å²) in [5.41, 5.74) is 1.27. The Balaban J connectivity index is 2.36. The highest BCUT2D eigenvalue weighted by Crippen LogP contribution is 2.15. The normalized spacial score (nSPS) is 17.0. The van der Waals surface area contributed by atoms with Gasteiger partial charge in [0, 0.05) is 13.7 Å². The Kier molecular flexibility index (Phi) is 10.8. The molecule has 0 bridgehead atoms. The number of rotatable bonds is 11.